The van der Waals surface area contributed by atoms with Gasteiger partial charge in [-0.05, 0) is 31.6 Å². The Bertz CT molecular complexity index is 88.9. The van der Waals surface area contributed by atoms with Gasteiger partial charge in [0, 0.05) is 6.61 Å². The average molecular weight is 156 g/mol. The summed E-state index contributed by atoms with van der Waals surface area (Å²) in [6.45, 7) is 6.27. The van der Waals surface area contributed by atoms with E-state index in [4.69, 9.17) is 5.11 Å². The molecule has 0 fully saturated rings. The van der Waals surface area contributed by atoms with Crippen LogP contribution in [0.4, 0.5) is 0 Å². The molecule has 1 N–H and O–H groups in total. The second-order valence-electron chi connectivity index (χ2n) is 3.19. The van der Waals surface area contributed by atoms with E-state index in [9.17, 15) is 0 Å². The zero-order valence-electron chi connectivity index (χ0n) is 7.55. The summed E-state index contributed by atoms with van der Waals surface area (Å²) in [4.78, 5) is 0. The van der Waals surface area contributed by atoms with E-state index >= 15 is 0 Å². The predicted molar refractivity (Wildman–Crippen MR) is 49.5 cm³/mol. The molecule has 0 saturated carbocycles. The zero-order chi connectivity index (χ0) is 8.53. The summed E-state index contributed by atoms with van der Waals surface area (Å²) in [5, 5.41) is 8.57. The molecule has 1 unspecified atom stereocenters. The van der Waals surface area contributed by atoms with E-state index in [0.717, 1.165) is 25.2 Å². The molecule has 0 aliphatic rings. The van der Waals surface area contributed by atoms with Crippen LogP contribution in [0, 0.1) is 5.92 Å². The van der Waals surface area contributed by atoms with Crippen molar-refractivity contribution in [3.8, 4) is 0 Å². The quantitative estimate of drug-likeness (QED) is 0.444. The molecule has 0 aromatic carbocycles. The van der Waals surface area contributed by atoms with Crippen LogP contribution in [0.3, 0.4) is 0 Å². The van der Waals surface area contributed by atoms with Crippen molar-refractivity contribution in [3.05, 3.63) is 12.7 Å². The van der Waals surface area contributed by atoms with Crippen molar-refractivity contribution >= 4 is 0 Å². The van der Waals surface area contributed by atoms with Crippen LogP contribution < -0.4 is 0 Å². The first kappa shape index (κ1) is 10.7. The standard InChI is InChI=1S/C10H20O/c1-3-4-5-7-10(2)8-6-9-11/h3,10-11H,1,4-9H2,2H3. The molecule has 0 aromatic heterocycles. The highest BCUT2D eigenvalue weighted by Crippen LogP contribution is 2.13. The molecule has 0 heterocycles. The third-order valence-corrected chi connectivity index (χ3v) is 1.96. The van der Waals surface area contributed by atoms with Crippen molar-refractivity contribution in [3.63, 3.8) is 0 Å². The van der Waals surface area contributed by atoms with Gasteiger partial charge in [-0.2, -0.15) is 0 Å². The lowest BCUT2D eigenvalue weighted by molar-refractivity contribution is 0.271. The van der Waals surface area contributed by atoms with Gasteiger partial charge in [-0.3, -0.25) is 0 Å². The van der Waals surface area contributed by atoms with Crippen molar-refractivity contribution in [2.75, 3.05) is 6.61 Å². The van der Waals surface area contributed by atoms with Gasteiger partial charge in [0.05, 0.1) is 0 Å². The van der Waals surface area contributed by atoms with Crippen LogP contribution in [-0.4, -0.2) is 11.7 Å². The highest BCUT2D eigenvalue weighted by molar-refractivity contribution is 4.66. The summed E-state index contributed by atoms with van der Waals surface area (Å²) in [7, 11) is 0. The summed E-state index contributed by atoms with van der Waals surface area (Å²) < 4.78 is 0. The van der Waals surface area contributed by atoms with Gasteiger partial charge in [0.25, 0.3) is 0 Å². The third-order valence-electron chi connectivity index (χ3n) is 1.96. The van der Waals surface area contributed by atoms with Crippen LogP contribution in [0.5, 0.6) is 0 Å². The number of hydrogen-bond donors (Lipinski definition) is 1. The number of aliphatic hydroxyl groups is 1. The van der Waals surface area contributed by atoms with E-state index in [1.54, 1.807) is 0 Å². The van der Waals surface area contributed by atoms with Crippen LogP contribution in [-0.2, 0) is 0 Å². The van der Waals surface area contributed by atoms with Gasteiger partial charge in [-0.25, -0.2) is 0 Å². The number of hydrogen-bond acceptors (Lipinski definition) is 1. The van der Waals surface area contributed by atoms with Crippen molar-refractivity contribution in [2.24, 2.45) is 5.92 Å². The van der Waals surface area contributed by atoms with E-state index < -0.39 is 0 Å². The lowest BCUT2D eigenvalue weighted by atomic mass is 9.99. The first-order valence-corrected chi connectivity index (χ1v) is 4.53. The Morgan fingerprint density at radius 3 is 2.55 bits per heavy atom. The lowest BCUT2D eigenvalue weighted by Gasteiger charge is -2.08. The fourth-order valence-corrected chi connectivity index (χ4v) is 1.19. The maximum atomic E-state index is 8.57. The van der Waals surface area contributed by atoms with Crippen molar-refractivity contribution < 1.29 is 5.11 Å². The molecule has 0 rings (SSSR count). The Balaban J connectivity index is 3.08. The maximum Gasteiger partial charge on any atom is 0.0431 e. The van der Waals surface area contributed by atoms with Gasteiger partial charge in [0.15, 0.2) is 0 Å². The normalized spacial score (nSPS) is 12.9. The SMILES string of the molecule is C=CCCCC(C)CCCO. The summed E-state index contributed by atoms with van der Waals surface area (Å²) in [5.74, 6) is 0.766. The van der Waals surface area contributed by atoms with E-state index in [1.807, 2.05) is 6.08 Å². The molecule has 0 saturated heterocycles. The molecular formula is C10H20O. The second kappa shape index (κ2) is 7.80. The number of unbranched alkanes of at least 4 members (excludes halogenated alkanes) is 1. The Morgan fingerprint density at radius 1 is 1.36 bits per heavy atom. The van der Waals surface area contributed by atoms with E-state index in [1.165, 1.54) is 12.8 Å². The molecule has 1 heteroatoms. The number of rotatable bonds is 7. The first-order valence-electron chi connectivity index (χ1n) is 4.53. The van der Waals surface area contributed by atoms with E-state index in [0.29, 0.717) is 6.61 Å². The molecule has 0 aliphatic heterocycles. The fraction of sp³-hybridized carbons (Fsp3) is 0.800. The maximum absolute atomic E-state index is 8.57. The molecule has 0 spiro atoms. The largest absolute Gasteiger partial charge is 0.396 e. The van der Waals surface area contributed by atoms with Crippen molar-refractivity contribution in [1.82, 2.24) is 0 Å². The Kier molecular flexibility index (Phi) is 7.59. The topological polar surface area (TPSA) is 20.2 Å². The molecule has 0 aromatic rings. The minimum atomic E-state index is 0.339. The summed E-state index contributed by atoms with van der Waals surface area (Å²) in [5.41, 5.74) is 0. The van der Waals surface area contributed by atoms with Crippen LogP contribution in [0.1, 0.15) is 39.0 Å². The van der Waals surface area contributed by atoms with E-state index in [-0.39, 0.29) is 0 Å². The average Bonchev–Trinajstić information content (AvgIpc) is 2.01. The van der Waals surface area contributed by atoms with Gasteiger partial charge in [-0.15, -0.1) is 6.58 Å². The highest BCUT2D eigenvalue weighted by Gasteiger charge is 1.99. The smallest absolute Gasteiger partial charge is 0.0431 e. The van der Waals surface area contributed by atoms with Crippen LogP contribution in [0.2, 0.25) is 0 Å². The third kappa shape index (κ3) is 7.60. The Morgan fingerprint density at radius 2 is 2.00 bits per heavy atom. The summed E-state index contributed by atoms with van der Waals surface area (Å²) in [6, 6.07) is 0. The number of allylic oxidation sites excluding steroid dienone is 1. The molecule has 0 bridgehead atoms. The van der Waals surface area contributed by atoms with Crippen LogP contribution in [0.15, 0.2) is 12.7 Å². The van der Waals surface area contributed by atoms with Crippen molar-refractivity contribution in [2.45, 2.75) is 39.0 Å². The molecule has 0 aliphatic carbocycles. The lowest BCUT2D eigenvalue weighted by Crippen LogP contribution is -1.96. The number of aliphatic hydroxyl groups excluding tert-OH is 1. The Labute approximate surface area is 70.1 Å². The summed E-state index contributed by atoms with van der Waals surface area (Å²) >= 11 is 0. The monoisotopic (exact) mass is 156 g/mol. The van der Waals surface area contributed by atoms with Crippen molar-refractivity contribution in [1.29, 1.82) is 0 Å². The van der Waals surface area contributed by atoms with Crippen LogP contribution in [0.25, 0.3) is 0 Å². The van der Waals surface area contributed by atoms with Gasteiger partial charge in [0.2, 0.25) is 0 Å². The first-order chi connectivity index (χ1) is 5.31. The Hall–Kier alpha value is -0.300. The highest BCUT2D eigenvalue weighted by atomic mass is 16.2. The van der Waals surface area contributed by atoms with Gasteiger partial charge < -0.3 is 5.11 Å². The zero-order valence-corrected chi connectivity index (χ0v) is 7.55. The predicted octanol–water partition coefficient (Wildman–Crippen LogP) is 2.75. The molecule has 0 amide bonds. The van der Waals surface area contributed by atoms with E-state index in [2.05, 4.69) is 13.5 Å². The summed E-state index contributed by atoms with van der Waals surface area (Å²) in [6.07, 6.45) is 7.73. The fourth-order valence-electron chi connectivity index (χ4n) is 1.19. The minimum absolute atomic E-state index is 0.339. The minimum Gasteiger partial charge on any atom is -0.396 e. The van der Waals surface area contributed by atoms with Gasteiger partial charge in [0.1, 0.15) is 0 Å². The molecule has 11 heavy (non-hydrogen) atoms. The van der Waals surface area contributed by atoms with Gasteiger partial charge >= 0.3 is 0 Å². The molecule has 1 atom stereocenters. The molecule has 1 nitrogen and oxygen atoms in total. The molecular weight excluding hydrogens is 136 g/mol. The second-order valence-corrected chi connectivity index (χ2v) is 3.19. The molecule has 0 radical (unpaired) electrons. The molecule has 66 valence electrons. The van der Waals surface area contributed by atoms with Crippen LogP contribution >= 0.6 is 0 Å². The van der Waals surface area contributed by atoms with Gasteiger partial charge in [-0.1, -0.05) is 19.4 Å².